The molecule has 0 aliphatic carbocycles. The van der Waals surface area contributed by atoms with Gasteiger partial charge < -0.3 is 5.32 Å². The molecule has 2 aromatic heterocycles. The number of nitrogens with one attached hydrogen (secondary N) is 1. The molecule has 1 N–H and O–H groups in total. The Morgan fingerprint density at radius 1 is 1.09 bits per heavy atom. The highest BCUT2D eigenvalue weighted by Crippen LogP contribution is 2.29. The highest BCUT2D eigenvalue weighted by atomic mass is 19.3. The molecule has 1 aromatic carbocycles. The first-order valence-electron chi connectivity index (χ1n) is 12.1. The Bertz CT molecular complexity index is 1250. The fourth-order valence-electron chi connectivity index (χ4n) is 4.32. The van der Waals surface area contributed by atoms with Gasteiger partial charge in [-0.25, -0.2) is 18.2 Å². The molecule has 9 heteroatoms. The molecule has 0 spiro atoms. The fourth-order valence-corrected chi connectivity index (χ4v) is 4.32. The minimum absolute atomic E-state index is 0.0425. The van der Waals surface area contributed by atoms with Crippen molar-refractivity contribution in [2.45, 2.75) is 65.1 Å². The first-order chi connectivity index (χ1) is 16.5. The van der Waals surface area contributed by atoms with Crippen LogP contribution in [0.2, 0.25) is 0 Å². The highest BCUT2D eigenvalue weighted by Gasteiger charge is 2.34. The molecule has 3 aromatic rings. The summed E-state index contributed by atoms with van der Waals surface area (Å²) in [6.45, 7) is 8.79. The van der Waals surface area contributed by atoms with Crippen molar-refractivity contribution in [3.8, 4) is 0 Å². The van der Waals surface area contributed by atoms with Crippen LogP contribution in [0.25, 0.3) is 11.0 Å². The fraction of sp³-hybridized carbons (Fsp3) is 0.500. The number of fused-ring (bicyclic) bond motifs is 1. The number of benzene rings is 1. The van der Waals surface area contributed by atoms with Gasteiger partial charge in [0.05, 0.1) is 6.04 Å². The van der Waals surface area contributed by atoms with E-state index in [9.17, 15) is 18.0 Å². The summed E-state index contributed by atoms with van der Waals surface area (Å²) in [6, 6.07) is 7.90. The average molecular weight is 488 g/mol. The van der Waals surface area contributed by atoms with Gasteiger partial charge in [-0.1, -0.05) is 26.0 Å². The predicted molar refractivity (Wildman–Crippen MR) is 131 cm³/mol. The second-order valence-electron chi connectivity index (χ2n) is 9.85. The van der Waals surface area contributed by atoms with Crippen molar-refractivity contribution in [3.05, 3.63) is 63.8 Å². The molecule has 188 valence electrons. The average Bonchev–Trinajstić information content (AvgIpc) is 2.81. The third-order valence-corrected chi connectivity index (χ3v) is 6.94. The van der Waals surface area contributed by atoms with E-state index in [0.29, 0.717) is 29.3 Å². The van der Waals surface area contributed by atoms with Crippen molar-refractivity contribution >= 4 is 17.0 Å². The molecule has 2 atom stereocenters. The lowest BCUT2D eigenvalue weighted by Gasteiger charge is -2.31. The van der Waals surface area contributed by atoms with Crippen LogP contribution in [-0.4, -0.2) is 38.4 Å². The standard InChI is InChI=1S/C26H32F3N5O/c1-16(2)18(4)34-23(35)8-7-20-14-30-25(32-24(20)34)31-17(3)19-5-6-21(22(27)13-19)15-33-11-9-26(28,29)10-12-33/h5-8,13-14,16-18H,9-12,15H2,1-4H3,(H,30,31,32). The van der Waals surface area contributed by atoms with Gasteiger partial charge in [-0.3, -0.25) is 14.3 Å². The molecule has 6 nitrogen and oxygen atoms in total. The summed E-state index contributed by atoms with van der Waals surface area (Å²) in [7, 11) is 0. The molecule has 1 aliphatic heterocycles. The molecule has 0 bridgehead atoms. The Morgan fingerprint density at radius 2 is 1.80 bits per heavy atom. The molecule has 4 rings (SSSR count). The Morgan fingerprint density at radius 3 is 2.46 bits per heavy atom. The first kappa shape index (κ1) is 25.2. The van der Waals surface area contributed by atoms with Crippen LogP contribution in [0.1, 0.15) is 63.7 Å². The van der Waals surface area contributed by atoms with Crippen LogP contribution in [0.4, 0.5) is 19.1 Å². The maximum Gasteiger partial charge on any atom is 0.252 e. The molecular formula is C26H32F3N5O. The van der Waals surface area contributed by atoms with Crippen LogP contribution in [0.3, 0.4) is 0 Å². The van der Waals surface area contributed by atoms with E-state index in [4.69, 9.17) is 0 Å². The smallest absolute Gasteiger partial charge is 0.252 e. The van der Waals surface area contributed by atoms with Crippen LogP contribution in [0.5, 0.6) is 0 Å². The van der Waals surface area contributed by atoms with Crippen LogP contribution < -0.4 is 10.9 Å². The third kappa shape index (κ3) is 5.66. The second-order valence-corrected chi connectivity index (χ2v) is 9.85. The van der Waals surface area contributed by atoms with E-state index in [0.717, 1.165) is 5.39 Å². The summed E-state index contributed by atoms with van der Waals surface area (Å²) in [5, 5.41) is 3.97. The number of hydrogen-bond acceptors (Lipinski definition) is 5. The number of aromatic nitrogens is 3. The number of piperidine rings is 1. The first-order valence-corrected chi connectivity index (χ1v) is 12.1. The van der Waals surface area contributed by atoms with E-state index in [1.165, 1.54) is 12.1 Å². The summed E-state index contributed by atoms with van der Waals surface area (Å²) in [6.07, 6.45) is 1.29. The van der Waals surface area contributed by atoms with Crippen molar-refractivity contribution in [1.82, 2.24) is 19.4 Å². The second kappa shape index (κ2) is 9.97. The third-order valence-electron chi connectivity index (χ3n) is 6.94. The number of alkyl halides is 2. The van der Waals surface area contributed by atoms with Crippen molar-refractivity contribution in [2.24, 2.45) is 5.92 Å². The van der Waals surface area contributed by atoms with E-state index in [1.807, 2.05) is 24.8 Å². The van der Waals surface area contributed by atoms with Crippen LogP contribution in [-0.2, 0) is 6.54 Å². The lowest BCUT2D eigenvalue weighted by atomic mass is 10.0. The number of rotatable bonds is 7. The topological polar surface area (TPSA) is 63.1 Å². The minimum atomic E-state index is -2.62. The molecular weight excluding hydrogens is 455 g/mol. The van der Waals surface area contributed by atoms with Gasteiger partial charge in [0.15, 0.2) is 0 Å². The molecule has 1 saturated heterocycles. The molecule has 0 radical (unpaired) electrons. The van der Waals surface area contributed by atoms with E-state index in [-0.39, 0.29) is 55.3 Å². The minimum Gasteiger partial charge on any atom is -0.348 e. The Labute approximate surface area is 203 Å². The van der Waals surface area contributed by atoms with Crippen LogP contribution in [0, 0.1) is 11.7 Å². The zero-order chi connectivity index (χ0) is 25.3. The van der Waals surface area contributed by atoms with Gasteiger partial charge in [0.25, 0.3) is 11.5 Å². The van der Waals surface area contributed by atoms with Gasteiger partial charge in [-0.05, 0) is 37.5 Å². The number of nitrogens with zero attached hydrogens (tertiary/aromatic N) is 4. The maximum atomic E-state index is 14.9. The Hall–Kier alpha value is -2.94. The van der Waals surface area contributed by atoms with Crippen molar-refractivity contribution in [2.75, 3.05) is 18.4 Å². The molecule has 0 amide bonds. The quantitative estimate of drug-likeness (QED) is 0.473. The molecule has 3 heterocycles. The summed E-state index contributed by atoms with van der Waals surface area (Å²) >= 11 is 0. The summed E-state index contributed by atoms with van der Waals surface area (Å²) in [5.74, 6) is -2.40. The van der Waals surface area contributed by atoms with E-state index < -0.39 is 5.92 Å². The van der Waals surface area contributed by atoms with Gasteiger partial charge in [0, 0.05) is 61.7 Å². The molecule has 1 fully saturated rings. The monoisotopic (exact) mass is 487 g/mol. The largest absolute Gasteiger partial charge is 0.348 e. The lowest BCUT2D eigenvalue weighted by Crippen LogP contribution is -2.39. The predicted octanol–water partition coefficient (Wildman–Crippen LogP) is 5.55. The van der Waals surface area contributed by atoms with Gasteiger partial charge in [0.2, 0.25) is 5.95 Å². The summed E-state index contributed by atoms with van der Waals surface area (Å²) in [5.41, 5.74) is 1.63. The molecule has 1 aliphatic rings. The van der Waals surface area contributed by atoms with Crippen LogP contribution in [0.15, 0.2) is 41.3 Å². The van der Waals surface area contributed by atoms with E-state index in [1.54, 1.807) is 22.9 Å². The molecule has 0 saturated carbocycles. The number of halogens is 3. The molecule has 35 heavy (non-hydrogen) atoms. The van der Waals surface area contributed by atoms with Crippen molar-refractivity contribution in [1.29, 1.82) is 0 Å². The van der Waals surface area contributed by atoms with Gasteiger partial charge in [0.1, 0.15) is 11.5 Å². The number of pyridine rings is 1. The van der Waals surface area contributed by atoms with Gasteiger partial charge in [-0.2, -0.15) is 4.98 Å². The Kier molecular flexibility index (Phi) is 7.17. The SMILES string of the molecule is CC(Nc1ncc2ccc(=O)n(C(C)C(C)C)c2n1)c1ccc(CN2CCC(F)(F)CC2)c(F)c1. The maximum absolute atomic E-state index is 14.9. The zero-order valence-electron chi connectivity index (χ0n) is 20.6. The molecule has 2 unspecified atom stereocenters. The van der Waals surface area contributed by atoms with Crippen LogP contribution >= 0.6 is 0 Å². The summed E-state index contributed by atoms with van der Waals surface area (Å²) in [4.78, 5) is 23.4. The number of anilines is 1. The van der Waals surface area contributed by atoms with Crippen molar-refractivity contribution < 1.29 is 13.2 Å². The normalized spacial score (nSPS) is 18.1. The van der Waals surface area contributed by atoms with Gasteiger partial charge in [-0.15, -0.1) is 0 Å². The van der Waals surface area contributed by atoms with E-state index in [2.05, 4.69) is 29.1 Å². The summed E-state index contributed by atoms with van der Waals surface area (Å²) < 4.78 is 43.3. The van der Waals surface area contributed by atoms with Gasteiger partial charge >= 0.3 is 0 Å². The lowest BCUT2D eigenvalue weighted by molar-refractivity contribution is -0.0567. The highest BCUT2D eigenvalue weighted by molar-refractivity contribution is 5.75. The number of likely N-dealkylation sites (tertiary alicyclic amines) is 1. The Balaban J connectivity index is 1.51. The zero-order valence-corrected chi connectivity index (χ0v) is 20.6. The number of hydrogen-bond donors (Lipinski definition) is 1. The van der Waals surface area contributed by atoms with Crippen molar-refractivity contribution in [3.63, 3.8) is 0 Å². The van der Waals surface area contributed by atoms with E-state index >= 15 is 0 Å².